The fraction of sp³-hybridized carbons (Fsp3) is 0.545. The number of pyridine rings is 1. The SMILES string of the molecule is COc1ccc(N)c(NCC2CCCS2)n1. The molecular weight excluding hydrogens is 222 g/mol. The van der Waals surface area contributed by atoms with E-state index in [2.05, 4.69) is 10.3 Å². The van der Waals surface area contributed by atoms with Crippen LogP contribution in [0.2, 0.25) is 0 Å². The summed E-state index contributed by atoms with van der Waals surface area (Å²) in [5.74, 6) is 2.59. The monoisotopic (exact) mass is 239 g/mol. The minimum absolute atomic E-state index is 0.593. The first-order valence-corrected chi connectivity index (χ1v) is 6.50. The van der Waals surface area contributed by atoms with Crippen molar-refractivity contribution >= 4 is 23.3 Å². The van der Waals surface area contributed by atoms with Crippen LogP contribution in [0.1, 0.15) is 12.8 Å². The molecule has 4 nitrogen and oxygen atoms in total. The summed E-state index contributed by atoms with van der Waals surface area (Å²) >= 11 is 2.02. The Hall–Kier alpha value is -1.10. The lowest BCUT2D eigenvalue weighted by atomic mass is 10.2. The summed E-state index contributed by atoms with van der Waals surface area (Å²) in [6, 6.07) is 3.58. The smallest absolute Gasteiger partial charge is 0.215 e. The number of nitrogens with one attached hydrogen (secondary N) is 1. The Kier molecular flexibility index (Phi) is 3.77. The highest BCUT2D eigenvalue weighted by atomic mass is 32.2. The molecule has 0 saturated carbocycles. The largest absolute Gasteiger partial charge is 0.481 e. The molecule has 1 aliphatic heterocycles. The van der Waals surface area contributed by atoms with E-state index in [-0.39, 0.29) is 0 Å². The van der Waals surface area contributed by atoms with Crippen molar-refractivity contribution in [3.8, 4) is 5.88 Å². The van der Waals surface area contributed by atoms with Crippen molar-refractivity contribution in [3.05, 3.63) is 12.1 Å². The molecule has 0 radical (unpaired) electrons. The summed E-state index contributed by atoms with van der Waals surface area (Å²) in [5, 5.41) is 3.98. The lowest BCUT2D eigenvalue weighted by Crippen LogP contribution is -2.15. The van der Waals surface area contributed by atoms with Gasteiger partial charge >= 0.3 is 0 Å². The van der Waals surface area contributed by atoms with Gasteiger partial charge in [0.15, 0.2) is 5.82 Å². The highest BCUT2D eigenvalue weighted by Crippen LogP contribution is 2.27. The van der Waals surface area contributed by atoms with E-state index in [4.69, 9.17) is 10.5 Å². The Labute approximate surface area is 100.0 Å². The van der Waals surface area contributed by atoms with Crippen molar-refractivity contribution in [2.24, 2.45) is 0 Å². The molecule has 0 aromatic carbocycles. The third-order valence-electron chi connectivity index (χ3n) is 2.63. The number of hydrogen-bond donors (Lipinski definition) is 2. The van der Waals surface area contributed by atoms with Crippen LogP contribution in [0.25, 0.3) is 0 Å². The van der Waals surface area contributed by atoms with Crippen molar-refractivity contribution in [2.75, 3.05) is 30.5 Å². The van der Waals surface area contributed by atoms with Crippen LogP contribution in [0.3, 0.4) is 0 Å². The van der Waals surface area contributed by atoms with Gasteiger partial charge in [-0.2, -0.15) is 16.7 Å². The normalized spacial score (nSPS) is 19.7. The number of thioether (sulfide) groups is 1. The van der Waals surface area contributed by atoms with Crippen molar-refractivity contribution in [1.82, 2.24) is 4.98 Å². The average Bonchev–Trinajstić information content (AvgIpc) is 2.81. The topological polar surface area (TPSA) is 60.2 Å². The predicted molar refractivity (Wildman–Crippen MR) is 69.2 cm³/mol. The van der Waals surface area contributed by atoms with Crippen LogP contribution in [0.5, 0.6) is 5.88 Å². The molecule has 1 aliphatic rings. The molecule has 1 aromatic rings. The number of anilines is 2. The van der Waals surface area contributed by atoms with E-state index in [1.807, 2.05) is 17.8 Å². The second-order valence-corrected chi connectivity index (χ2v) is 5.22. The third-order valence-corrected chi connectivity index (χ3v) is 4.03. The van der Waals surface area contributed by atoms with Gasteiger partial charge in [0.05, 0.1) is 12.8 Å². The minimum Gasteiger partial charge on any atom is -0.481 e. The number of hydrogen-bond acceptors (Lipinski definition) is 5. The Balaban J connectivity index is 1.96. The van der Waals surface area contributed by atoms with Gasteiger partial charge < -0.3 is 15.8 Å². The van der Waals surface area contributed by atoms with E-state index >= 15 is 0 Å². The number of nitrogen functional groups attached to an aromatic ring is 1. The molecule has 1 fully saturated rings. The first kappa shape index (κ1) is 11.4. The van der Waals surface area contributed by atoms with Gasteiger partial charge in [0.2, 0.25) is 5.88 Å². The molecule has 1 atom stereocenters. The van der Waals surface area contributed by atoms with E-state index in [0.717, 1.165) is 12.4 Å². The van der Waals surface area contributed by atoms with E-state index in [1.54, 1.807) is 13.2 Å². The summed E-state index contributed by atoms with van der Waals surface area (Å²) in [7, 11) is 1.61. The number of methoxy groups -OCH3 is 1. The molecule has 1 unspecified atom stereocenters. The maximum absolute atomic E-state index is 5.84. The van der Waals surface area contributed by atoms with Crippen molar-refractivity contribution in [2.45, 2.75) is 18.1 Å². The van der Waals surface area contributed by atoms with Gasteiger partial charge in [-0.05, 0) is 24.7 Å². The zero-order valence-corrected chi connectivity index (χ0v) is 10.2. The summed E-state index contributed by atoms with van der Waals surface area (Å²) in [4.78, 5) is 4.28. The van der Waals surface area contributed by atoms with Gasteiger partial charge in [-0.15, -0.1) is 0 Å². The quantitative estimate of drug-likeness (QED) is 0.841. The molecule has 0 amide bonds. The van der Waals surface area contributed by atoms with Crippen LogP contribution in [0, 0.1) is 0 Å². The molecule has 88 valence electrons. The summed E-state index contributed by atoms with van der Waals surface area (Å²) in [6.07, 6.45) is 2.60. The zero-order valence-electron chi connectivity index (χ0n) is 9.40. The molecule has 16 heavy (non-hydrogen) atoms. The molecule has 0 aliphatic carbocycles. The van der Waals surface area contributed by atoms with Gasteiger partial charge in [0.25, 0.3) is 0 Å². The highest BCUT2D eigenvalue weighted by Gasteiger charge is 2.15. The maximum atomic E-state index is 5.84. The molecule has 1 aromatic heterocycles. The molecule has 2 heterocycles. The number of nitrogens with zero attached hydrogens (tertiary/aromatic N) is 1. The third kappa shape index (κ3) is 2.72. The van der Waals surface area contributed by atoms with E-state index in [9.17, 15) is 0 Å². The van der Waals surface area contributed by atoms with Crippen LogP contribution in [-0.2, 0) is 0 Å². The standard InChI is InChI=1S/C11H17N3OS/c1-15-10-5-4-9(12)11(14-10)13-7-8-3-2-6-16-8/h4-5,8H,2-3,6-7,12H2,1H3,(H,13,14). The van der Waals surface area contributed by atoms with Gasteiger partial charge in [-0.3, -0.25) is 0 Å². The van der Waals surface area contributed by atoms with Crippen LogP contribution < -0.4 is 15.8 Å². The van der Waals surface area contributed by atoms with E-state index in [0.29, 0.717) is 16.8 Å². The second kappa shape index (κ2) is 5.30. The first-order valence-electron chi connectivity index (χ1n) is 5.45. The molecule has 0 bridgehead atoms. The lowest BCUT2D eigenvalue weighted by molar-refractivity contribution is 0.398. The summed E-state index contributed by atoms with van der Waals surface area (Å²) < 4.78 is 5.07. The van der Waals surface area contributed by atoms with E-state index in [1.165, 1.54) is 18.6 Å². The number of ether oxygens (including phenoxy) is 1. The first-order chi connectivity index (χ1) is 7.79. The Morgan fingerprint density at radius 1 is 1.62 bits per heavy atom. The number of nitrogens with two attached hydrogens (primary N) is 1. The Morgan fingerprint density at radius 3 is 3.19 bits per heavy atom. The summed E-state index contributed by atoms with van der Waals surface area (Å²) in [5.41, 5.74) is 6.51. The van der Waals surface area contributed by atoms with Crippen LogP contribution >= 0.6 is 11.8 Å². The zero-order chi connectivity index (χ0) is 11.4. The number of rotatable bonds is 4. The maximum Gasteiger partial charge on any atom is 0.215 e. The van der Waals surface area contributed by atoms with Crippen LogP contribution in [0.15, 0.2) is 12.1 Å². The fourth-order valence-electron chi connectivity index (χ4n) is 1.72. The van der Waals surface area contributed by atoms with E-state index < -0.39 is 0 Å². The summed E-state index contributed by atoms with van der Waals surface area (Å²) in [6.45, 7) is 0.926. The molecular formula is C11H17N3OS. The average molecular weight is 239 g/mol. The molecule has 5 heteroatoms. The second-order valence-electron chi connectivity index (χ2n) is 3.81. The van der Waals surface area contributed by atoms with Gasteiger partial charge in [0, 0.05) is 17.9 Å². The molecule has 2 rings (SSSR count). The number of aromatic nitrogens is 1. The van der Waals surface area contributed by atoms with Crippen molar-refractivity contribution < 1.29 is 4.74 Å². The molecule has 0 spiro atoms. The van der Waals surface area contributed by atoms with Gasteiger partial charge in [-0.1, -0.05) is 0 Å². The van der Waals surface area contributed by atoms with Gasteiger partial charge in [0.1, 0.15) is 0 Å². The van der Waals surface area contributed by atoms with Crippen LogP contribution in [0.4, 0.5) is 11.5 Å². The highest BCUT2D eigenvalue weighted by molar-refractivity contribution is 8.00. The minimum atomic E-state index is 0.593. The lowest BCUT2D eigenvalue weighted by Gasteiger charge is -2.12. The van der Waals surface area contributed by atoms with Gasteiger partial charge in [-0.25, -0.2) is 0 Å². The Morgan fingerprint density at radius 2 is 2.50 bits per heavy atom. The predicted octanol–water partition coefficient (Wildman–Crippen LogP) is 1.98. The molecule has 3 N–H and O–H groups in total. The fourth-order valence-corrected chi connectivity index (χ4v) is 2.92. The molecule has 1 saturated heterocycles. The van der Waals surface area contributed by atoms with Crippen molar-refractivity contribution in [3.63, 3.8) is 0 Å². The Bertz CT molecular complexity index is 353. The van der Waals surface area contributed by atoms with Crippen molar-refractivity contribution in [1.29, 1.82) is 0 Å². The van der Waals surface area contributed by atoms with Crippen LogP contribution in [-0.4, -0.2) is 29.6 Å².